The van der Waals surface area contributed by atoms with E-state index in [1.54, 1.807) is 12.1 Å². The number of likely N-dealkylation sites (N-methyl/N-ethyl adjacent to an activating group) is 1. The third kappa shape index (κ3) is 4.59. The molecule has 1 aromatic rings. The molecule has 1 unspecified atom stereocenters. The van der Waals surface area contributed by atoms with Gasteiger partial charge in [0.15, 0.2) is 0 Å². The Morgan fingerprint density at radius 1 is 1.25 bits per heavy atom. The second-order valence-electron chi connectivity index (χ2n) is 6.34. The van der Waals surface area contributed by atoms with Crippen LogP contribution in [0.25, 0.3) is 0 Å². The highest BCUT2D eigenvalue weighted by Crippen LogP contribution is 2.28. The SMILES string of the molecule is CNC(CCC1CCCCC1)Cc1cc(F)ccc1C. The number of hydrogen-bond donors (Lipinski definition) is 1. The highest BCUT2D eigenvalue weighted by atomic mass is 19.1. The van der Waals surface area contributed by atoms with Gasteiger partial charge in [-0.3, -0.25) is 0 Å². The third-order valence-corrected chi connectivity index (χ3v) is 4.83. The highest BCUT2D eigenvalue weighted by molar-refractivity contribution is 5.27. The van der Waals surface area contributed by atoms with Gasteiger partial charge in [-0.05, 0) is 62.4 Å². The van der Waals surface area contributed by atoms with Crippen molar-refractivity contribution in [3.8, 4) is 0 Å². The maximum Gasteiger partial charge on any atom is 0.123 e. The lowest BCUT2D eigenvalue weighted by Gasteiger charge is -2.24. The van der Waals surface area contributed by atoms with Crippen molar-refractivity contribution in [1.29, 1.82) is 0 Å². The Kier molecular flexibility index (Phi) is 6.03. The quantitative estimate of drug-likeness (QED) is 0.799. The van der Waals surface area contributed by atoms with Gasteiger partial charge in [0.05, 0.1) is 0 Å². The molecule has 1 fully saturated rings. The lowest BCUT2D eigenvalue weighted by Crippen LogP contribution is -2.28. The summed E-state index contributed by atoms with van der Waals surface area (Å²) in [7, 11) is 2.03. The van der Waals surface area contributed by atoms with Crippen LogP contribution in [-0.4, -0.2) is 13.1 Å². The molecule has 0 aromatic heterocycles. The molecule has 0 bridgehead atoms. The fourth-order valence-corrected chi connectivity index (χ4v) is 3.39. The van der Waals surface area contributed by atoms with Gasteiger partial charge in [0, 0.05) is 6.04 Å². The molecule has 0 heterocycles. The third-order valence-electron chi connectivity index (χ3n) is 4.83. The molecule has 0 aliphatic heterocycles. The van der Waals surface area contributed by atoms with Crippen LogP contribution in [0.15, 0.2) is 18.2 Å². The van der Waals surface area contributed by atoms with Crippen LogP contribution < -0.4 is 5.32 Å². The summed E-state index contributed by atoms with van der Waals surface area (Å²) in [6, 6.07) is 5.60. The lowest BCUT2D eigenvalue weighted by atomic mass is 9.84. The van der Waals surface area contributed by atoms with Gasteiger partial charge in [-0.25, -0.2) is 4.39 Å². The van der Waals surface area contributed by atoms with E-state index in [1.807, 2.05) is 13.1 Å². The van der Waals surface area contributed by atoms with E-state index in [4.69, 9.17) is 0 Å². The number of rotatable bonds is 6. The van der Waals surface area contributed by atoms with E-state index in [9.17, 15) is 4.39 Å². The number of halogens is 1. The van der Waals surface area contributed by atoms with E-state index in [2.05, 4.69) is 12.2 Å². The van der Waals surface area contributed by atoms with Gasteiger partial charge in [-0.1, -0.05) is 38.2 Å². The summed E-state index contributed by atoms with van der Waals surface area (Å²) in [6.45, 7) is 2.07. The van der Waals surface area contributed by atoms with Gasteiger partial charge in [0.2, 0.25) is 0 Å². The van der Waals surface area contributed by atoms with Crippen molar-refractivity contribution < 1.29 is 4.39 Å². The maximum absolute atomic E-state index is 13.4. The first-order valence-electron chi connectivity index (χ1n) is 8.11. The number of aryl methyl sites for hydroxylation is 1. The molecule has 1 aliphatic carbocycles. The normalized spacial score (nSPS) is 18.1. The first-order chi connectivity index (χ1) is 9.69. The summed E-state index contributed by atoms with van der Waals surface area (Å²) in [4.78, 5) is 0. The number of nitrogens with one attached hydrogen (secondary N) is 1. The fourth-order valence-electron chi connectivity index (χ4n) is 3.39. The molecule has 1 N–H and O–H groups in total. The van der Waals surface area contributed by atoms with E-state index < -0.39 is 0 Å². The molecule has 20 heavy (non-hydrogen) atoms. The van der Waals surface area contributed by atoms with Crippen LogP contribution in [0.1, 0.15) is 56.1 Å². The Labute approximate surface area is 123 Å². The smallest absolute Gasteiger partial charge is 0.123 e. The fraction of sp³-hybridized carbons (Fsp3) is 0.667. The van der Waals surface area contributed by atoms with Gasteiger partial charge in [-0.2, -0.15) is 0 Å². The molecule has 1 nitrogen and oxygen atoms in total. The van der Waals surface area contributed by atoms with Crippen LogP contribution in [0.3, 0.4) is 0 Å². The van der Waals surface area contributed by atoms with Gasteiger partial charge in [-0.15, -0.1) is 0 Å². The molecular weight excluding hydrogens is 249 g/mol. The molecule has 1 saturated carbocycles. The van der Waals surface area contributed by atoms with Crippen molar-refractivity contribution in [2.24, 2.45) is 5.92 Å². The molecule has 0 saturated heterocycles. The topological polar surface area (TPSA) is 12.0 Å². The molecule has 0 amide bonds. The van der Waals surface area contributed by atoms with Crippen LogP contribution >= 0.6 is 0 Å². The minimum Gasteiger partial charge on any atom is -0.317 e. The van der Waals surface area contributed by atoms with Gasteiger partial charge >= 0.3 is 0 Å². The Bertz CT molecular complexity index is 410. The Hall–Kier alpha value is -0.890. The summed E-state index contributed by atoms with van der Waals surface area (Å²) < 4.78 is 13.4. The second-order valence-corrected chi connectivity index (χ2v) is 6.34. The summed E-state index contributed by atoms with van der Waals surface area (Å²) in [5.41, 5.74) is 2.34. The van der Waals surface area contributed by atoms with E-state index in [0.717, 1.165) is 17.9 Å². The molecule has 112 valence electrons. The van der Waals surface area contributed by atoms with E-state index in [-0.39, 0.29) is 5.82 Å². The predicted molar refractivity (Wildman–Crippen MR) is 83.5 cm³/mol. The summed E-state index contributed by atoms with van der Waals surface area (Å²) in [6.07, 6.45) is 10.5. The van der Waals surface area contributed by atoms with Gasteiger partial charge < -0.3 is 5.32 Å². The van der Waals surface area contributed by atoms with E-state index in [0.29, 0.717) is 6.04 Å². The van der Waals surface area contributed by atoms with Crippen LogP contribution in [0.4, 0.5) is 4.39 Å². The number of benzene rings is 1. The highest BCUT2D eigenvalue weighted by Gasteiger charge is 2.16. The molecule has 0 radical (unpaired) electrons. The summed E-state index contributed by atoms with van der Waals surface area (Å²) in [5, 5.41) is 3.41. The zero-order chi connectivity index (χ0) is 14.4. The van der Waals surface area contributed by atoms with E-state index >= 15 is 0 Å². The first kappa shape index (κ1) is 15.5. The molecule has 0 spiro atoms. The van der Waals surface area contributed by atoms with Crippen molar-refractivity contribution in [3.63, 3.8) is 0 Å². The van der Waals surface area contributed by atoms with Crippen LogP contribution in [0, 0.1) is 18.7 Å². The molecule has 2 heteroatoms. The van der Waals surface area contributed by atoms with Crippen molar-refractivity contribution in [1.82, 2.24) is 5.32 Å². The van der Waals surface area contributed by atoms with Crippen LogP contribution in [-0.2, 0) is 6.42 Å². The summed E-state index contributed by atoms with van der Waals surface area (Å²) >= 11 is 0. The largest absolute Gasteiger partial charge is 0.317 e. The van der Waals surface area contributed by atoms with Crippen molar-refractivity contribution in [2.45, 2.75) is 64.3 Å². The Morgan fingerprint density at radius 3 is 2.70 bits per heavy atom. The summed E-state index contributed by atoms with van der Waals surface area (Å²) in [5.74, 6) is 0.806. The predicted octanol–water partition coefficient (Wildman–Crippen LogP) is 4.63. The second kappa shape index (κ2) is 7.78. The molecule has 1 atom stereocenters. The number of hydrogen-bond acceptors (Lipinski definition) is 1. The Balaban J connectivity index is 1.86. The lowest BCUT2D eigenvalue weighted by molar-refractivity contribution is 0.315. The minimum absolute atomic E-state index is 0.118. The van der Waals surface area contributed by atoms with Gasteiger partial charge in [0.25, 0.3) is 0 Å². The van der Waals surface area contributed by atoms with Crippen molar-refractivity contribution in [3.05, 3.63) is 35.1 Å². The molecule has 1 aromatic carbocycles. The molecule has 1 aliphatic rings. The first-order valence-corrected chi connectivity index (χ1v) is 8.11. The molecule has 2 rings (SSSR count). The average molecular weight is 277 g/mol. The van der Waals surface area contributed by atoms with Crippen molar-refractivity contribution >= 4 is 0 Å². The zero-order valence-electron chi connectivity index (χ0n) is 12.9. The van der Waals surface area contributed by atoms with E-state index in [1.165, 1.54) is 50.5 Å². The Morgan fingerprint density at radius 2 is 2.00 bits per heavy atom. The van der Waals surface area contributed by atoms with Crippen molar-refractivity contribution in [2.75, 3.05) is 7.05 Å². The maximum atomic E-state index is 13.4. The van der Waals surface area contributed by atoms with Crippen LogP contribution in [0.2, 0.25) is 0 Å². The molecular formula is C18H28FN. The van der Waals surface area contributed by atoms with Crippen LogP contribution in [0.5, 0.6) is 0 Å². The standard InChI is InChI=1S/C18H28FN/c1-14-8-10-17(19)12-16(14)13-18(20-2)11-9-15-6-4-3-5-7-15/h8,10,12,15,18,20H,3-7,9,11,13H2,1-2H3. The minimum atomic E-state index is -0.118. The monoisotopic (exact) mass is 277 g/mol. The zero-order valence-corrected chi connectivity index (χ0v) is 12.9. The average Bonchev–Trinajstić information content (AvgIpc) is 2.48. The van der Waals surface area contributed by atoms with Gasteiger partial charge in [0.1, 0.15) is 5.82 Å².